The Balaban J connectivity index is 3.71. The molecule has 0 aliphatic heterocycles. The van der Waals surface area contributed by atoms with Crippen molar-refractivity contribution in [2.75, 3.05) is 13.2 Å². The summed E-state index contributed by atoms with van der Waals surface area (Å²) < 4.78 is 14.8. The van der Waals surface area contributed by atoms with Gasteiger partial charge in [-0.2, -0.15) is 0 Å². The molecule has 1 atom stereocenters. The van der Waals surface area contributed by atoms with Crippen LogP contribution in [0.3, 0.4) is 0 Å². The molecule has 0 saturated carbocycles. The van der Waals surface area contributed by atoms with Crippen molar-refractivity contribution in [2.24, 2.45) is 0 Å². The number of nitrogens with zero attached hydrogens (tertiary/aromatic N) is 1. The quantitative estimate of drug-likeness (QED) is 0.115. The van der Waals surface area contributed by atoms with Crippen molar-refractivity contribution in [1.82, 2.24) is 4.67 Å². The van der Waals surface area contributed by atoms with E-state index in [1.54, 1.807) is 0 Å². The third-order valence-corrected chi connectivity index (χ3v) is 7.75. The molecule has 3 nitrogen and oxygen atoms in total. The molecule has 0 heterocycles. The van der Waals surface area contributed by atoms with Crippen LogP contribution in [0.15, 0.2) is 0 Å². The fraction of sp³-hybridized carbons (Fsp3) is 1.00. The van der Waals surface area contributed by atoms with Crippen LogP contribution in [-0.2, 0) is 9.05 Å². The van der Waals surface area contributed by atoms with Gasteiger partial charge in [0.15, 0.2) is 0 Å². The molecule has 0 bridgehead atoms. The predicted molar refractivity (Wildman–Crippen MR) is 136 cm³/mol. The van der Waals surface area contributed by atoms with Gasteiger partial charge in [0.2, 0.25) is 0 Å². The Labute approximate surface area is 192 Å². The third kappa shape index (κ3) is 17.9. The third-order valence-electron chi connectivity index (χ3n) is 5.65. The number of unbranched alkanes of at least 4 members (excludes halogenated alkanes) is 14. The minimum atomic E-state index is -0.923. The fourth-order valence-corrected chi connectivity index (χ4v) is 5.54. The molecular formula is C26H56NO2P. The Bertz CT molecular complexity index is 331. The first kappa shape index (κ1) is 30.3. The van der Waals surface area contributed by atoms with Gasteiger partial charge < -0.3 is 9.05 Å². The zero-order valence-electron chi connectivity index (χ0n) is 21.6. The molecule has 0 aromatic heterocycles. The van der Waals surface area contributed by atoms with E-state index in [-0.39, 0.29) is 0 Å². The Kier molecular flexibility index (Phi) is 22.7. The summed E-state index contributed by atoms with van der Waals surface area (Å²) in [4.78, 5) is 0. The van der Waals surface area contributed by atoms with Crippen molar-refractivity contribution in [1.29, 1.82) is 0 Å². The van der Waals surface area contributed by atoms with Crippen LogP contribution in [0.4, 0.5) is 0 Å². The van der Waals surface area contributed by atoms with Gasteiger partial charge in [-0.3, -0.25) is 0 Å². The molecule has 0 aliphatic rings. The second kappa shape index (κ2) is 22.5. The Hall–Kier alpha value is 0.310. The number of rotatable bonds is 23. The van der Waals surface area contributed by atoms with Gasteiger partial charge in [-0.1, -0.05) is 104 Å². The summed E-state index contributed by atoms with van der Waals surface area (Å²) in [6.45, 7) is 15.1. The van der Waals surface area contributed by atoms with Gasteiger partial charge in [0.25, 0.3) is 8.53 Å². The molecule has 30 heavy (non-hydrogen) atoms. The molecule has 0 aromatic carbocycles. The number of hydrogen-bond acceptors (Lipinski definition) is 3. The zero-order valence-corrected chi connectivity index (χ0v) is 22.5. The topological polar surface area (TPSA) is 21.7 Å². The fourth-order valence-electron chi connectivity index (χ4n) is 3.87. The normalized spacial score (nSPS) is 13.1. The summed E-state index contributed by atoms with van der Waals surface area (Å²) in [5, 5.41) is 0. The molecule has 4 heteroatoms. The number of hydrogen-bond donors (Lipinski definition) is 0. The molecular weight excluding hydrogens is 389 g/mol. The monoisotopic (exact) mass is 445 g/mol. The van der Waals surface area contributed by atoms with Crippen LogP contribution in [-0.4, -0.2) is 30.0 Å². The van der Waals surface area contributed by atoms with Gasteiger partial charge in [0.1, 0.15) is 0 Å². The van der Waals surface area contributed by atoms with Gasteiger partial charge in [-0.15, -0.1) is 0 Å². The molecule has 0 N–H and O–H groups in total. The first-order valence-corrected chi connectivity index (χ1v) is 14.5. The predicted octanol–water partition coefficient (Wildman–Crippen LogP) is 9.65. The molecule has 0 rings (SSSR count). The van der Waals surface area contributed by atoms with E-state index in [0.29, 0.717) is 12.1 Å². The maximum atomic E-state index is 6.25. The van der Waals surface area contributed by atoms with E-state index in [2.05, 4.69) is 46.2 Å². The highest BCUT2D eigenvalue weighted by atomic mass is 31.2. The molecule has 0 spiro atoms. The van der Waals surface area contributed by atoms with Crippen LogP contribution in [0.25, 0.3) is 0 Å². The van der Waals surface area contributed by atoms with E-state index < -0.39 is 8.53 Å². The standard InChI is InChI=1S/C26H56NO2P/c1-7-9-11-12-13-14-15-16-17-18-19-20-21-22-24-29-30(28-23-10-8-2)27(25(3)4)26(5)6/h25-26H,7-24H2,1-6H3. The van der Waals surface area contributed by atoms with Gasteiger partial charge in [-0.25, -0.2) is 4.67 Å². The smallest absolute Gasteiger partial charge is 0.259 e. The lowest BCUT2D eigenvalue weighted by molar-refractivity contribution is 0.171. The molecule has 0 amide bonds. The van der Waals surface area contributed by atoms with Crippen LogP contribution < -0.4 is 0 Å². The van der Waals surface area contributed by atoms with Crippen LogP contribution in [0.2, 0.25) is 0 Å². The second-order valence-electron chi connectivity index (χ2n) is 9.42. The lowest BCUT2D eigenvalue weighted by atomic mass is 10.0. The maximum Gasteiger partial charge on any atom is 0.259 e. The Morgan fingerprint density at radius 2 is 0.833 bits per heavy atom. The van der Waals surface area contributed by atoms with Crippen LogP contribution in [0, 0.1) is 0 Å². The van der Waals surface area contributed by atoms with Crippen molar-refractivity contribution < 1.29 is 9.05 Å². The lowest BCUT2D eigenvalue weighted by Gasteiger charge is -2.35. The molecule has 1 unspecified atom stereocenters. The lowest BCUT2D eigenvalue weighted by Crippen LogP contribution is -2.33. The van der Waals surface area contributed by atoms with Gasteiger partial charge in [0, 0.05) is 12.1 Å². The minimum absolute atomic E-state index is 0.453. The molecule has 0 aromatic rings. The first-order chi connectivity index (χ1) is 14.5. The molecule has 0 saturated heterocycles. The molecule has 182 valence electrons. The SMILES string of the molecule is CCCCCCCCCCCCCCCCOP(OCCCC)N(C(C)C)C(C)C. The second-order valence-corrected chi connectivity index (χ2v) is 10.9. The van der Waals surface area contributed by atoms with E-state index >= 15 is 0 Å². The van der Waals surface area contributed by atoms with E-state index in [1.807, 2.05) is 0 Å². The van der Waals surface area contributed by atoms with E-state index in [4.69, 9.17) is 9.05 Å². The summed E-state index contributed by atoms with van der Waals surface area (Å²) in [5.74, 6) is 0. The summed E-state index contributed by atoms with van der Waals surface area (Å²) in [6, 6.07) is 0.906. The molecule has 0 radical (unpaired) electrons. The summed E-state index contributed by atoms with van der Waals surface area (Å²) in [6.07, 6.45) is 21.8. The van der Waals surface area contributed by atoms with Gasteiger partial charge in [-0.05, 0) is 40.5 Å². The van der Waals surface area contributed by atoms with Crippen LogP contribution >= 0.6 is 8.53 Å². The van der Waals surface area contributed by atoms with Gasteiger partial charge in [0.05, 0.1) is 13.2 Å². The Morgan fingerprint density at radius 3 is 1.20 bits per heavy atom. The first-order valence-electron chi connectivity index (χ1n) is 13.4. The summed E-state index contributed by atoms with van der Waals surface area (Å²) in [7, 11) is -0.923. The highest BCUT2D eigenvalue weighted by Gasteiger charge is 2.26. The summed E-state index contributed by atoms with van der Waals surface area (Å²) in [5.41, 5.74) is 0. The largest absolute Gasteiger partial charge is 0.322 e. The van der Waals surface area contributed by atoms with Crippen molar-refractivity contribution in [2.45, 2.75) is 156 Å². The van der Waals surface area contributed by atoms with Gasteiger partial charge >= 0.3 is 0 Å². The van der Waals surface area contributed by atoms with Crippen molar-refractivity contribution >= 4 is 8.53 Å². The van der Waals surface area contributed by atoms with Crippen molar-refractivity contribution in [3.05, 3.63) is 0 Å². The van der Waals surface area contributed by atoms with E-state index in [9.17, 15) is 0 Å². The van der Waals surface area contributed by atoms with E-state index in [1.165, 1.54) is 89.9 Å². The Morgan fingerprint density at radius 1 is 0.500 bits per heavy atom. The highest BCUT2D eigenvalue weighted by molar-refractivity contribution is 7.44. The van der Waals surface area contributed by atoms with E-state index in [0.717, 1.165) is 26.1 Å². The molecule has 0 aliphatic carbocycles. The van der Waals surface area contributed by atoms with Crippen molar-refractivity contribution in [3.8, 4) is 0 Å². The molecule has 0 fully saturated rings. The zero-order chi connectivity index (χ0) is 22.5. The maximum absolute atomic E-state index is 6.25. The minimum Gasteiger partial charge on any atom is -0.322 e. The average molecular weight is 446 g/mol. The average Bonchev–Trinajstić information content (AvgIpc) is 2.70. The van der Waals surface area contributed by atoms with Crippen LogP contribution in [0.5, 0.6) is 0 Å². The summed E-state index contributed by atoms with van der Waals surface area (Å²) >= 11 is 0. The highest BCUT2D eigenvalue weighted by Crippen LogP contribution is 2.46. The van der Waals surface area contributed by atoms with Crippen LogP contribution in [0.1, 0.15) is 144 Å². The van der Waals surface area contributed by atoms with Crippen molar-refractivity contribution in [3.63, 3.8) is 0 Å².